The Kier molecular flexibility index (Phi) is 5.47. The lowest BCUT2D eigenvalue weighted by atomic mass is 9.88. The van der Waals surface area contributed by atoms with Crippen molar-refractivity contribution in [3.63, 3.8) is 0 Å². The smallest absolute Gasteiger partial charge is 0.308 e. The predicted molar refractivity (Wildman–Crippen MR) is 89.5 cm³/mol. The van der Waals surface area contributed by atoms with Gasteiger partial charge in [0.2, 0.25) is 0 Å². The zero-order chi connectivity index (χ0) is 16.3. The van der Waals surface area contributed by atoms with Crippen LogP contribution in [0.3, 0.4) is 0 Å². The molecule has 22 heavy (non-hydrogen) atoms. The fraction of sp³-hybridized carbons (Fsp3) is 0.647. The van der Waals surface area contributed by atoms with E-state index in [1.54, 1.807) is 18.3 Å². The summed E-state index contributed by atoms with van der Waals surface area (Å²) in [6.45, 7) is 7.32. The molecule has 0 saturated carbocycles. The molecule has 1 aliphatic carbocycles. The largest absolute Gasteiger partial charge is 0.481 e. The number of carbonyl (C=O) groups is 1. The Hall–Kier alpha value is -1.54. The first-order chi connectivity index (χ1) is 10.5. The van der Waals surface area contributed by atoms with Crippen LogP contribution in [0.25, 0.3) is 0 Å². The molecular weight excluding hydrogens is 296 g/mol. The fourth-order valence-corrected chi connectivity index (χ4v) is 4.52. The standard InChI is InChI=1S/C17H24N2O2S/c1-4-7-19(10-12(3)17(20)21)16-14(9-18)13-6-5-11(2)8-15(13)22-16/h11-12H,4-8,10H2,1-3H3,(H,20,21). The van der Waals surface area contributed by atoms with Crippen molar-refractivity contribution >= 4 is 22.3 Å². The molecule has 2 atom stereocenters. The molecule has 0 amide bonds. The number of rotatable bonds is 6. The predicted octanol–water partition coefficient (Wildman–Crippen LogP) is 3.68. The van der Waals surface area contributed by atoms with E-state index in [1.165, 1.54) is 10.4 Å². The second kappa shape index (κ2) is 7.15. The van der Waals surface area contributed by atoms with Crippen LogP contribution in [-0.4, -0.2) is 24.2 Å². The second-order valence-electron chi connectivity index (χ2n) is 6.33. The van der Waals surface area contributed by atoms with E-state index in [4.69, 9.17) is 0 Å². The molecule has 1 aromatic rings. The van der Waals surface area contributed by atoms with Crippen molar-refractivity contribution in [3.8, 4) is 6.07 Å². The summed E-state index contributed by atoms with van der Waals surface area (Å²) < 4.78 is 0. The van der Waals surface area contributed by atoms with Crippen LogP contribution in [0.5, 0.6) is 0 Å². The Morgan fingerprint density at radius 2 is 2.32 bits per heavy atom. The van der Waals surface area contributed by atoms with Gasteiger partial charge >= 0.3 is 5.97 Å². The van der Waals surface area contributed by atoms with E-state index < -0.39 is 11.9 Å². The minimum absolute atomic E-state index is 0.434. The summed E-state index contributed by atoms with van der Waals surface area (Å²) in [6.07, 6.45) is 4.10. The zero-order valence-electron chi connectivity index (χ0n) is 13.6. The maximum absolute atomic E-state index is 11.2. The van der Waals surface area contributed by atoms with Crippen molar-refractivity contribution in [2.75, 3.05) is 18.0 Å². The molecule has 0 bridgehead atoms. The molecule has 2 rings (SSSR count). The van der Waals surface area contributed by atoms with Gasteiger partial charge in [-0.1, -0.05) is 20.8 Å². The van der Waals surface area contributed by atoms with Crippen LogP contribution in [0.4, 0.5) is 5.00 Å². The normalized spacial score (nSPS) is 18.4. The van der Waals surface area contributed by atoms with E-state index >= 15 is 0 Å². The van der Waals surface area contributed by atoms with E-state index in [0.717, 1.165) is 42.8 Å². The van der Waals surface area contributed by atoms with Crippen LogP contribution in [-0.2, 0) is 17.6 Å². The molecule has 1 aliphatic rings. The third-order valence-corrected chi connectivity index (χ3v) is 5.62. The lowest BCUT2D eigenvalue weighted by molar-refractivity contribution is -0.140. The van der Waals surface area contributed by atoms with Gasteiger partial charge in [0.1, 0.15) is 11.1 Å². The molecule has 1 aromatic heterocycles. The maximum atomic E-state index is 11.2. The van der Waals surface area contributed by atoms with Gasteiger partial charge in [0, 0.05) is 18.0 Å². The third kappa shape index (κ3) is 3.44. The summed E-state index contributed by atoms with van der Waals surface area (Å²) in [4.78, 5) is 14.6. The molecule has 0 aliphatic heterocycles. The van der Waals surface area contributed by atoms with E-state index in [9.17, 15) is 15.2 Å². The van der Waals surface area contributed by atoms with Gasteiger partial charge in [-0.15, -0.1) is 11.3 Å². The van der Waals surface area contributed by atoms with Crippen LogP contribution < -0.4 is 4.90 Å². The van der Waals surface area contributed by atoms with E-state index in [0.29, 0.717) is 12.5 Å². The van der Waals surface area contributed by atoms with Crippen molar-refractivity contribution < 1.29 is 9.90 Å². The fourth-order valence-electron chi connectivity index (χ4n) is 3.03. The van der Waals surface area contributed by atoms with Gasteiger partial charge in [0.15, 0.2) is 0 Å². The van der Waals surface area contributed by atoms with Gasteiger partial charge in [0.05, 0.1) is 11.5 Å². The molecule has 4 nitrogen and oxygen atoms in total. The number of carboxylic acid groups (broad SMARTS) is 1. The number of nitriles is 1. The van der Waals surface area contributed by atoms with Gasteiger partial charge in [0.25, 0.3) is 0 Å². The molecule has 0 radical (unpaired) electrons. The molecule has 0 spiro atoms. The van der Waals surface area contributed by atoms with Crippen molar-refractivity contribution in [3.05, 3.63) is 16.0 Å². The van der Waals surface area contributed by atoms with Crippen molar-refractivity contribution in [2.45, 2.75) is 46.5 Å². The Balaban J connectivity index is 2.35. The molecule has 0 fully saturated rings. The number of nitrogens with zero attached hydrogens (tertiary/aromatic N) is 2. The monoisotopic (exact) mass is 320 g/mol. The van der Waals surface area contributed by atoms with Crippen LogP contribution in [0.1, 0.15) is 49.6 Å². The quantitative estimate of drug-likeness (QED) is 0.868. The maximum Gasteiger partial charge on any atom is 0.308 e. The van der Waals surface area contributed by atoms with Gasteiger partial charge in [-0.3, -0.25) is 4.79 Å². The number of hydrogen-bond acceptors (Lipinski definition) is 4. The Labute approximate surface area is 136 Å². The van der Waals surface area contributed by atoms with Crippen LogP contribution in [0.15, 0.2) is 0 Å². The lowest BCUT2D eigenvalue weighted by Crippen LogP contribution is -2.32. The molecule has 1 N–H and O–H groups in total. The highest BCUT2D eigenvalue weighted by Crippen LogP contribution is 2.41. The molecule has 1 heterocycles. The van der Waals surface area contributed by atoms with Gasteiger partial charge in [-0.2, -0.15) is 5.26 Å². The number of fused-ring (bicyclic) bond motifs is 1. The van der Waals surface area contributed by atoms with Crippen molar-refractivity contribution in [1.29, 1.82) is 5.26 Å². The Morgan fingerprint density at radius 3 is 2.91 bits per heavy atom. The summed E-state index contributed by atoms with van der Waals surface area (Å²) in [5.74, 6) is -0.547. The first-order valence-electron chi connectivity index (χ1n) is 8.00. The minimum atomic E-state index is -0.783. The van der Waals surface area contributed by atoms with Gasteiger partial charge in [-0.25, -0.2) is 0 Å². The lowest BCUT2D eigenvalue weighted by Gasteiger charge is -2.25. The summed E-state index contributed by atoms with van der Waals surface area (Å²) in [7, 11) is 0. The van der Waals surface area contributed by atoms with Gasteiger partial charge < -0.3 is 10.0 Å². The number of carboxylic acids is 1. The van der Waals surface area contributed by atoms with E-state index in [-0.39, 0.29) is 0 Å². The van der Waals surface area contributed by atoms with Crippen LogP contribution in [0, 0.1) is 23.2 Å². The first-order valence-corrected chi connectivity index (χ1v) is 8.81. The topological polar surface area (TPSA) is 64.3 Å². The highest BCUT2D eigenvalue weighted by molar-refractivity contribution is 7.16. The molecular formula is C17H24N2O2S. The number of hydrogen-bond donors (Lipinski definition) is 1. The second-order valence-corrected chi connectivity index (χ2v) is 7.41. The first kappa shape index (κ1) is 16.8. The summed E-state index contributed by atoms with van der Waals surface area (Å²) in [5, 5.41) is 19.8. The average molecular weight is 320 g/mol. The van der Waals surface area contributed by atoms with E-state index in [2.05, 4.69) is 24.8 Å². The molecule has 0 saturated heterocycles. The highest BCUT2D eigenvalue weighted by atomic mass is 32.1. The van der Waals surface area contributed by atoms with Gasteiger partial charge in [-0.05, 0) is 37.2 Å². The van der Waals surface area contributed by atoms with Crippen molar-refractivity contribution in [2.24, 2.45) is 11.8 Å². The highest BCUT2D eigenvalue weighted by Gasteiger charge is 2.27. The van der Waals surface area contributed by atoms with Crippen LogP contribution >= 0.6 is 11.3 Å². The average Bonchev–Trinajstić information content (AvgIpc) is 2.83. The van der Waals surface area contributed by atoms with Crippen molar-refractivity contribution in [1.82, 2.24) is 0 Å². The summed E-state index contributed by atoms with van der Waals surface area (Å²) in [6, 6.07) is 2.38. The number of thiophene rings is 1. The minimum Gasteiger partial charge on any atom is -0.481 e. The molecule has 120 valence electrons. The Bertz CT molecular complexity index is 588. The summed E-state index contributed by atoms with van der Waals surface area (Å²) in [5.41, 5.74) is 2.00. The number of aliphatic carboxylic acids is 1. The molecule has 5 heteroatoms. The van der Waals surface area contributed by atoms with E-state index in [1.807, 2.05) is 0 Å². The molecule has 0 aromatic carbocycles. The zero-order valence-corrected chi connectivity index (χ0v) is 14.4. The molecule has 2 unspecified atom stereocenters. The van der Waals surface area contributed by atoms with Crippen LogP contribution in [0.2, 0.25) is 0 Å². The summed E-state index contributed by atoms with van der Waals surface area (Å²) >= 11 is 1.70. The third-order valence-electron chi connectivity index (χ3n) is 4.30. The Morgan fingerprint density at radius 1 is 1.59 bits per heavy atom. The number of anilines is 1. The SMILES string of the molecule is CCCN(CC(C)C(=O)O)c1sc2c(c1C#N)CCC(C)C2.